The van der Waals surface area contributed by atoms with E-state index >= 15 is 0 Å². The summed E-state index contributed by atoms with van der Waals surface area (Å²) in [5.41, 5.74) is 2.72. The van der Waals surface area contributed by atoms with E-state index in [1.165, 1.54) is 0 Å². The number of halogens is 1. The van der Waals surface area contributed by atoms with Gasteiger partial charge in [0.2, 0.25) is 5.91 Å². The average molecular weight is 444 g/mol. The summed E-state index contributed by atoms with van der Waals surface area (Å²) < 4.78 is 3.33. The molecule has 0 aliphatic carbocycles. The van der Waals surface area contributed by atoms with Gasteiger partial charge in [0.25, 0.3) is 0 Å². The molecule has 0 aliphatic rings. The van der Waals surface area contributed by atoms with Crippen LogP contribution in [0.25, 0.3) is 5.69 Å². The standard InChI is InChI=1S/C21H26ClN7O2/c1-5-28(19-14-29(25-21(19)22)17-7-6-10-23-13-17)20(30)9-12-27-11-8-18(24-27)16(4)26-31-15(2)3/h6-8,10-11,13-15H,5,9,12H2,1-4H3/b26-16+. The number of hydrogen-bond donors (Lipinski definition) is 0. The minimum absolute atomic E-state index is 0.00372. The molecule has 3 rings (SSSR count). The van der Waals surface area contributed by atoms with Crippen LogP contribution in [0.3, 0.4) is 0 Å². The summed E-state index contributed by atoms with van der Waals surface area (Å²) in [6.07, 6.45) is 7.19. The van der Waals surface area contributed by atoms with Gasteiger partial charge in [0.1, 0.15) is 23.2 Å². The molecule has 0 aromatic carbocycles. The zero-order valence-corrected chi connectivity index (χ0v) is 18.8. The van der Waals surface area contributed by atoms with E-state index in [2.05, 4.69) is 20.3 Å². The summed E-state index contributed by atoms with van der Waals surface area (Å²) >= 11 is 6.33. The number of aromatic nitrogens is 5. The Hall–Kier alpha value is -3.20. The molecule has 0 fully saturated rings. The van der Waals surface area contributed by atoms with E-state index in [-0.39, 0.29) is 23.6 Å². The van der Waals surface area contributed by atoms with E-state index in [1.54, 1.807) is 32.9 Å². The smallest absolute Gasteiger partial charge is 0.228 e. The van der Waals surface area contributed by atoms with E-state index < -0.39 is 0 Å². The molecule has 10 heteroatoms. The molecule has 3 aromatic rings. The minimum Gasteiger partial charge on any atom is -0.393 e. The highest BCUT2D eigenvalue weighted by atomic mass is 35.5. The second kappa shape index (κ2) is 10.2. The maximum absolute atomic E-state index is 12.9. The maximum atomic E-state index is 12.9. The lowest BCUT2D eigenvalue weighted by molar-refractivity contribution is -0.118. The fourth-order valence-electron chi connectivity index (χ4n) is 2.88. The van der Waals surface area contributed by atoms with Crippen LogP contribution in [0.5, 0.6) is 0 Å². The summed E-state index contributed by atoms with van der Waals surface area (Å²) in [4.78, 5) is 23.9. The van der Waals surface area contributed by atoms with Gasteiger partial charge in [-0.15, -0.1) is 0 Å². The highest BCUT2D eigenvalue weighted by molar-refractivity contribution is 6.32. The van der Waals surface area contributed by atoms with Gasteiger partial charge in [0, 0.05) is 31.9 Å². The molecular weight excluding hydrogens is 418 g/mol. The predicted octanol–water partition coefficient (Wildman–Crippen LogP) is 3.71. The number of anilines is 1. The van der Waals surface area contributed by atoms with Gasteiger partial charge in [-0.05, 0) is 45.9 Å². The van der Waals surface area contributed by atoms with Crippen molar-refractivity contribution in [3.05, 3.63) is 53.8 Å². The Labute approximate surface area is 186 Å². The van der Waals surface area contributed by atoms with Gasteiger partial charge in [-0.3, -0.25) is 14.5 Å². The van der Waals surface area contributed by atoms with Crippen LogP contribution < -0.4 is 4.90 Å². The first kappa shape index (κ1) is 22.5. The Morgan fingerprint density at radius 1 is 1.32 bits per heavy atom. The first-order valence-corrected chi connectivity index (χ1v) is 10.5. The summed E-state index contributed by atoms with van der Waals surface area (Å²) in [7, 11) is 0. The van der Waals surface area contributed by atoms with E-state index in [9.17, 15) is 4.79 Å². The van der Waals surface area contributed by atoms with Crippen LogP contribution in [0.2, 0.25) is 5.15 Å². The van der Waals surface area contributed by atoms with Crippen molar-refractivity contribution in [3.63, 3.8) is 0 Å². The maximum Gasteiger partial charge on any atom is 0.228 e. The minimum atomic E-state index is -0.0688. The molecule has 3 aromatic heterocycles. The van der Waals surface area contributed by atoms with Crippen molar-refractivity contribution in [2.24, 2.45) is 5.16 Å². The number of carbonyl (C=O) groups is 1. The number of aryl methyl sites for hydroxylation is 1. The lowest BCUT2D eigenvalue weighted by Gasteiger charge is -2.19. The quantitative estimate of drug-likeness (QED) is 0.371. The molecule has 0 N–H and O–H groups in total. The number of pyridine rings is 1. The Morgan fingerprint density at radius 3 is 2.81 bits per heavy atom. The molecule has 3 heterocycles. The third-order valence-electron chi connectivity index (χ3n) is 4.44. The highest BCUT2D eigenvalue weighted by Crippen LogP contribution is 2.26. The van der Waals surface area contributed by atoms with Crippen molar-refractivity contribution >= 4 is 28.9 Å². The van der Waals surface area contributed by atoms with Crippen molar-refractivity contribution in [2.75, 3.05) is 11.4 Å². The van der Waals surface area contributed by atoms with Crippen LogP contribution in [0.1, 0.15) is 39.8 Å². The summed E-state index contributed by atoms with van der Waals surface area (Å²) in [5.74, 6) is -0.0688. The predicted molar refractivity (Wildman–Crippen MR) is 120 cm³/mol. The lowest BCUT2D eigenvalue weighted by atomic mass is 10.3. The molecule has 0 radical (unpaired) electrons. The zero-order valence-electron chi connectivity index (χ0n) is 18.1. The highest BCUT2D eigenvalue weighted by Gasteiger charge is 2.20. The largest absolute Gasteiger partial charge is 0.393 e. The third-order valence-corrected chi connectivity index (χ3v) is 4.71. The molecule has 164 valence electrons. The van der Waals surface area contributed by atoms with Crippen molar-refractivity contribution < 1.29 is 9.63 Å². The number of rotatable bonds is 9. The SMILES string of the molecule is CCN(C(=O)CCn1ccc(/C(C)=N/OC(C)C)n1)c1cn(-c2cccnc2)nc1Cl. The molecule has 0 saturated carbocycles. The number of oxime groups is 1. The summed E-state index contributed by atoms with van der Waals surface area (Å²) in [6, 6.07) is 5.53. The lowest BCUT2D eigenvalue weighted by Crippen LogP contribution is -2.31. The Balaban J connectivity index is 1.66. The molecule has 0 bridgehead atoms. The molecule has 0 atom stereocenters. The van der Waals surface area contributed by atoms with Gasteiger partial charge < -0.3 is 9.74 Å². The molecule has 9 nitrogen and oxygen atoms in total. The second-order valence-electron chi connectivity index (χ2n) is 7.14. The van der Waals surface area contributed by atoms with Gasteiger partial charge in [0.05, 0.1) is 18.1 Å². The molecule has 0 unspecified atom stereocenters. The van der Waals surface area contributed by atoms with Gasteiger partial charge in [-0.25, -0.2) is 4.68 Å². The van der Waals surface area contributed by atoms with Crippen molar-refractivity contribution in [2.45, 2.75) is 46.8 Å². The topological polar surface area (TPSA) is 90.4 Å². The fraction of sp³-hybridized carbons (Fsp3) is 0.381. The first-order chi connectivity index (χ1) is 14.9. The molecular formula is C21H26ClN7O2. The Bertz CT molecular complexity index is 1040. The average Bonchev–Trinajstić information content (AvgIpc) is 3.39. The van der Waals surface area contributed by atoms with Crippen LogP contribution in [-0.4, -0.2) is 48.8 Å². The van der Waals surface area contributed by atoms with Gasteiger partial charge in [0.15, 0.2) is 5.15 Å². The van der Waals surface area contributed by atoms with Crippen LogP contribution in [0.15, 0.2) is 48.1 Å². The molecule has 1 amide bonds. The number of nitrogens with zero attached hydrogens (tertiary/aromatic N) is 7. The molecule has 0 aliphatic heterocycles. The van der Waals surface area contributed by atoms with Crippen molar-refractivity contribution in [3.8, 4) is 5.69 Å². The van der Waals surface area contributed by atoms with Crippen LogP contribution in [0, 0.1) is 0 Å². The van der Waals surface area contributed by atoms with Crippen molar-refractivity contribution in [1.82, 2.24) is 24.5 Å². The van der Waals surface area contributed by atoms with Crippen molar-refractivity contribution in [1.29, 1.82) is 0 Å². The zero-order chi connectivity index (χ0) is 22.4. The van der Waals surface area contributed by atoms with Crippen LogP contribution >= 0.6 is 11.6 Å². The second-order valence-corrected chi connectivity index (χ2v) is 7.50. The Kier molecular flexibility index (Phi) is 7.41. The van der Waals surface area contributed by atoms with Gasteiger partial charge in [-0.2, -0.15) is 10.2 Å². The summed E-state index contributed by atoms with van der Waals surface area (Å²) in [6.45, 7) is 8.46. The van der Waals surface area contributed by atoms with E-state index in [0.29, 0.717) is 30.2 Å². The monoisotopic (exact) mass is 443 g/mol. The van der Waals surface area contributed by atoms with Crippen LogP contribution in [0.4, 0.5) is 5.69 Å². The van der Waals surface area contributed by atoms with Gasteiger partial charge in [-0.1, -0.05) is 16.8 Å². The number of carbonyl (C=O) groups excluding carboxylic acids is 1. The van der Waals surface area contributed by atoms with E-state index in [0.717, 1.165) is 5.69 Å². The van der Waals surface area contributed by atoms with E-state index in [1.807, 2.05) is 52.1 Å². The number of hydrogen-bond acceptors (Lipinski definition) is 6. The Morgan fingerprint density at radius 2 is 2.13 bits per heavy atom. The molecule has 0 spiro atoms. The molecule has 0 saturated heterocycles. The summed E-state index contributed by atoms with van der Waals surface area (Å²) in [5, 5.41) is 13.1. The number of amides is 1. The molecule has 31 heavy (non-hydrogen) atoms. The first-order valence-electron chi connectivity index (χ1n) is 10.1. The third kappa shape index (κ3) is 5.69. The van der Waals surface area contributed by atoms with Gasteiger partial charge >= 0.3 is 0 Å². The fourth-order valence-corrected chi connectivity index (χ4v) is 3.12. The van der Waals surface area contributed by atoms with E-state index in [4.69, 9.17) is 16.4 Å². The normalized spacial score (nSPS) is 11.7. The van der Waals surface area contributed by atoms with Crippen LogP contribution in [-0.2, 0) is 16.2 Å².